The molecular weight excluding hydrogens is 522 g/mol. The van der Waals surface area contributed by atoms with Crippen LogP contribution in [-0.4, -0.2) is 24.9 Å². The van der Waals surface area contributed by atoms with Gasteiger partial charge in [-0.25, -0.2) is 24.9 Å². The van der Waals surface area contributed by atoms with E-state index in [0.717, 1.165) is 32.2 Å². The molecule has 0 spiro atoms. The summed E-state index contributed by atoms with van der Waals surface area (Å²) in [6, 6.07) is 41.2. The summed E-state index contributed by atoms with van der Waals surface area (Å²) < 4.78 is 2.23. The average Bonchev–Trinajstić information content (AvgIpc) is 3.45. The number of fused-ring (bicyclic) bond motifs is 5. The van der Waals surface area contributed by atoms with E-state index in [0.29, 0.717) is 28.8 Å². The minimum absolute atomic E-state index is 0.532. The Hall–Kier alpha value is -5.33. The van der Waals surface area contributed by atoms with E-state index < -0.39 is 0 Å². The molecule has 0 radical (unpaired) electrons. The van der Waals surface area contributed by atoms with E-state index in [1.165, 1.54) is 15.6 Å². The Balaban J connectivity index is 1.37. The van der Waals surface area contributed by atoms with Crippen molar-refractivity contribution < 1.29 is 0 Å². The van der Waals surface area contributed by atoms with E-state index >= 15 is 0 Å². The predicted molar refractivity (Wildman–Crippen MR) is 168 cm³/mol. The summed E-state index contributed by atoms with van der Waals surface area (Å²) in [5.41, 5.74) is 5.53. The monoisotopic (exact) mass is 543 g/mol. The zero-order valence-corrected chi connectivity index (χ0v) is 22.6. The Morgan fingerprint density at radius 2 is 1.00 bits per heavy atom. The molecule has 8 aromatic rings. The molecule has 0 atom stereocenters. The minimum Gasteiger partial charge on any atom is -0.237 e. The Kier molecular flexibility index (Phi) is 5.57. The molecule has 4 aromatic carbocycles. The quantitative estimate of drug-likeness (QED) is 0.222. The number of nitrogens with zero attached hydrogens (tertiary/aromatic N) is 5. The zero-order valence-electron chi connectivity index (χ0n) is 21.8. The molecule has 0 aliphatic rings. The highest BCUT2D eigenvalue weighted by Crippen LogP contribution is 2.42. The summed E-state index contributed by atoms with van der Waals surface area (Å²) in [4.78, 5) is 24.6. The van der Waals surface area contributed by atoms with Crippen LogP contribution < -0.4 is 0 Å². The standard InChI is InChI=1S/C35H21N5S/c1-3-10-22(11-4-1)23-17-19-25(20-18-23)33-38-32(24-12-5-2-6-13-24)39-35(40-33)30-31-29(26-14-7-8-16-28(26)41-31)27-15-9-21-36-34(27)37-30/h1-21H. The Labute approximate surface area is 239 Å². The SMILES string of the molecule is c1ccc(-c2ccc(-c3nc(-c4ccccc4)nc(-c4nc5ncccc5c5c4sc4ccccc45)n3)cc2)cc1. The molecule has 0 N–H and O–H groups in total. The third kappa shape index (κ3) is 4.13. The molecule has 41 heavy (non-hydrogen) atoms. The van der Waals surface area contributed by atoms with Crippen LogP contribution in [0.15, 0.2) is 128 Å². The van der Waals surface area contributed by atoms with Crippen LogP contribution in [0.1, 0.15) is 0 Å². The summed E-state index contributed by atoms with van der Waals surface area (Å²) in [7, 11) is 0. The average molecular weight is 544 g/mol. The van der Waals surface area contributed by atoms with Crippen LogP contribution in [0.4, 0.5) is 0 Å². The molecule has 6 heteroatoms. The van der Waals surface area contributed by atoms with Crippen molar-refractivity contribution >= 4 is 42.5 Å². The summed E-state index contributed by atoms with van der Waals surface area (Å²) in [6.45, 7) is 0. The van der Waals surface area contributed by atoms with E-state index in [1.807, 2.05) is 54.6 Å². The van der Waals surface area contributed by atoms with Crippen molar-refractivity contribution in [2.45, 2.75) is 0 Å². The molecule has 192 valence electrons. The topological polar surface area (TPSA) is 64.5 Å². The minimum atomic E-state index is 0.532. The van der Waals surface area contributed by atoms with Crippen molar-refractivity contribution in [1.29, 1.82) is 0 Å². The first-order valence-electron chi connectivity index (χ1n) is 13.4. The lowest BCUT2D eigenvalue weighted by Gasteiger charge is -2.10. The normalized spacial score (nSPS) is 11.4. The van der Waals surface area contributed by atoms with Crippen LogP contribution in [0.25, 0.3) is 76.6 Å². The molecule has 0 saturated heterocycles. The second kappa shape index (κ2) is 9.70. The van der Waals surface area contributed by atoms with Crippen molar-refractivity contribution in [3.8, 4) is 45.4 Å². The smallest absolute Gasteiger partial charge is 0.184 e. The number of benzene rings is 4. The predicted octanol–water partition coefficient (Wildman–Crippen LogP) is 8.85. The van der Waals surface area contributed by atoms with Gasteiger partial charge in [0.15, 0.2) is 23.1 Å². The number of hydrogen-bond donors (Lipinski definition) is 0. The summed E-state index contributed by atoms with van der Waals surface area (Å²) in [5, 5.41) is 3.34. The first-order chi connectivity index (χ1) is 20.3. The molecule has 0 aliphatic carbocycles. The zero-order chi connectivity index (χ0) is 27.2. The van der Waals surface area contributed by atoms with Crippen molar-refractivity contribution in [1.82, 2.24) is 24.9 Å². The summed E-state index contributed by atoms with van der Waals surface area (Å²) in [6.07, 6.45) is 1.78. The van der Waals surface area contributed by atoms with E-state index in [4.69, 9.17) is 19.9 Å². The number of hydrogen-bond acceptors (Lipinski definition) is 6. The Morgan fingerprint density at radius 1 is 0.439 bits per heavy atom. The Morgan fingerprint density at radius 3 is 1.76 bits per heavy atom. The second-order valence-electron chi connectivity index (χ2n) is 9.75. The molecule has 4 heterocycles. The molecule has 0 bridgehead atoms. The summed E-state index contributed by atoms with van der Waals surface area (Å²) >= 11 is 1.71. The maximum Gasteiger partial charge on any atom is 0.184 e. The number of thiophene rings is 1. The fourth-order valence-corrected chi connectivity index (χ4v) is 6.44. The Bertz CT molecular complexity index is 2190. The number of aromatic nitrogens is 5. The van der Waals surface area contributed by atoms with Crippen LogP contribution >= 0.6 is 11.3 Å². The fraction of sp³-hybridized carbons (Fsp3) is 0. The van der Waals surface area contributed by atoms with Gasteiger partial charge in [-0.1, -0.05) is 103 Å². The molecule has 0 fully saturated rings. The largest absolute Gasteiger partial charge is 0.237 e. The highest BCUT2D eigenvalue weighted by Gasteiger charge is 2.20. The van der Waals surface area contributed by atoms with E-state index in [2.05, 4.69) is 71.7 Å². The third-order valence-corrected chi connectivity index (χ3v) is 8.39. The van der Waals surface area contributed by atoms with Gasteiger partial charge in [0.2, 0.25) is 0 Å². The van der Waals surface area contributed by atoms with Gasteiger partial charge in [0, 0.05) is 38.2 Å². The van der Waals surface area contributed by atoms with Crippen molar-refractivity contribution in [3.05, 3.63) is 128 Å². The van der Waals surface area contributed by atoms with Gasteiger partial charge in [0.25, 0.3) is 0 Å². The number of pyridine rings is 2. The van der Waals surface area contributed by atoms with Gasteiger partial charge in [0.1, 0.15) is 5.69 Å². The molecule has 0 unspecified atom stereocenters. The van der Waals surface area contributed by atoms with E-state index in [-0.39, 0.29) is 0 Å². The van der Waals surface area contributed by atoms with Gasteiger partial charge in [-0.3, -0.25) is 0 Å². The van der Waals surface area contributed by atoms with Gasteiger partial charge in [-0.05, 0) is 29.3 Å². The molecule has 8 rings (SSSR count). The van der Waals surface area contributed by atoms with Crippen LogP contribution in [-0.2, 0) is 0 Å². The highest BCUT2D eigenvalue weighted by atomic mass is 32.1. The molecule has 0 amide bonds. The van der Waals surface area contributed by atoms with E-state index in [9.17, 15) is 0 Å². The highest BCUT2D eigenvalue weighted by molar-refractivity contribution is 7.26. The van der Waals surface area contributed by atoms with Gasteiger partial charge in [0.05, 0.1) is 4.70 Å². The first-order valence-corrected chi connectivity index (χ1v) is 14.2. The lowest BCUT2D eigenvalue weighted by molar-refractivity contribution is 1.06. The lowest BCUT2D eigenvalue weighted by Crippen LogP contribution is -2.02. The van der Waals surface area contributed by atoms with Gasteiger partial charge in [-0.15, -0.1) is 11.3 Å². The second-order valence-corrected chi connectivity index (χ2v) is 10.8. The van der Waals surface area contributed by atoms with Crippen LogP contribution in [0, 0.1) is 0 Å². The fourth-order valence-electron chi connectivity index (χ4n) is 5.24. The van der Waals surface area contributed by atoms with Gasteiger partial charge in [-0.2, -0.15) is 0 Å². The number of rotatable bonds is 4. The first kappa shape index (κ1) is 23.5. The molecule has 0 saturated carbocycles. The maximum absolute atomic E-state index is 5.04. The van der Waals surface area contributed by atoms with Crippen LogP contribution in [0.5, 0.6) is 0 Å². The van der Waals surface area contributed by atoms with Crippen molar-refractivity contribution in [3.63, 3.8) is 0 Å². The van der Waals surface area contributed by atoms with Crippen molar-refractivity contribution in [2.24, 2.45) is 0 Å². The van der Waals surface area contributed by atoms with Gasteiger partial charge < -0.3 is 0 Å². The third-order valence-electron chi connectivity index (χ3n) is 7.21. The summed E-state index contributed by atoms with van der Waals surface area (Å²) in [5.74, 6) is 1.74. The molecular formula is C35H21N5S. The molecule has 4 aromatic heterocycles. The molecule has 0 aliphatic heterocycles. The van der Waals surface area contributed by atoms with Gasteiger partial charge >= 0.3 is 0 Å². The molecule has 5 nitrogen and oxygen atoms in total. The van der Waals surface area contributed by atoms with E-state index in [1.54, 1.807) is 17.5 Å². The van der Waals surface area contributed by atoms with Crippen LogP contribution in [0.2, 0.25) is 0 Å². The lowest BCUT2D eigenvalue weighted by atomic mass is 10.0. The maximum atomic E-state index is 5.04. The van der Waals surface area contributed by atoms with Crippen molar-refractivity contribution in [2.75, 3.05) is 0 Å². The van der Waals surface area contributed by atoms with Crippen LogP contribution in [0.3, 0.4) is 0 Å².